The van der Waals surface area contributed by atoms with Gasteiger partial charge in [-0.2, -0.15) is 5.26 Å². The molecule has 0 aliphatic carbocycles. The molecule has 0 radical (unpaired) electrons. The number of benzene rings is 1. The van der Waals surface area contributed by atoms with Gasteiger partial charge in [0.05, 0.1) is 17.9 Å². The molecule has 5 nitrogen and oxygen atoms in total. The molecule has 1 N–H and O–H groups in total. The number of aromatic nitrogens is 2. The lowest BCUT2D eigenvalue weighted by atomic mass is 10.2. The number of rotatable bonds is 4. The summed E-state index contributed by atoms with van der Waals surface area (Å²) in [5, 5.41) is 11.9. The van der Waals surface area contributed by atoms with Crippen molar-refractivity contribution in [3.05, 3.63) is 46.5 Å². The zero-order chi connectivity index (χ0) is 14.5. The average Bonchev–Trinajstić information content (AvgIpc) is 2.40. The van der Waals surface area contributed by atoms with Gasteiger partial charge >= 0.3 is 0 Å². The van der Waals surface area contributed by atoms with Crippen LogP contribution in [0.3, 0.4) is 0 Å². The molecule has 0 aliphatic rings. The fourth-order valence-corrected chi connectivity index (χ4v) is 1.77. The van der Waals surface area contributed by atoms with E-state index in [9.17, 15) is 4.39 Å². The van der Waals surface area contributed by atoms with Gasteiger partial charge in [-0.15, -0.1) is 0 Å². The zero-order valence-corrected chi connectivity index (χ0v) is 11.3. The largest absolute Gasteiger partial charge is 0.378 e. The van der Waals surface area contributed by atoms with Crippen LogP contribution in [0, 0.1) is 17.1 Å². The number of hydrogen-bond donors (Lipinski definition) is 1. The summed E-state index contributed by atoms with van der Waals surface area (Å²) in [7, 11) is 1.54. The average molecular weight is 293 g/mol. The first-order valence-corrected chi connectivity index (χ1v) is 5.99. The highest BCUT2D eigenvalue weighted by atomic mass is 35.5. The van der Waals surface area contributed by atoms with Gasteiger partial charge in [0.2, 0.25) is 5.95 Å². The molecule has 20 heavy (non-hydrogen) atoms. The van der Waals surface area contributed by atoms with Crippen LogP contribution in [-0.4, -0.2) is 17.1 Å². The first-order valence-electron chi connectivity index (χ1n) is 5.61. The molecule has 0 spiro atoms. The minimum atomic E-state index is -0.579. The molecule has 2 rings (SSSR count). The Morgan fingerprint density at radius 3 is 2.90 bits per heavy atom. The predicted octanol–water partition coefficient (Wildman–Crippen LogP) is 3.03. The third-order valence-electron chi connectivity index (χ3n) is 2.38. The number of nitrogens with one attached hydrogen (secondary N) is 1. The van der Waals surface area contributed by atoms with Gasteiger partial charge in [-0.05, 0) is 24.3 Å². The van der Waals surface area contributed by atoms with E-state index in [1.54, 1.807) is 19.2 Å². The lowest BCUT2D eigenvalue weighted by molar-refractivity contribution is 0.181. The number of anilines is 2. The number of halogens is 2. The van der Waals surface area contributed by atoms with E-state index in [1.165, 1.54) is 18.2 Å². The van der Waals surface area contributed by atoms with E-state index in [0.717, 1.165) is 0 Å². The topological polar surface area (TPSA) is 70.8 Å². The Bertz CT molecular complexity index is 672. The molecule has 2 aromatic rings. The van der Waals surface area contributed by atoms with Crippen LogP contribution in [0.5, 0.6) is 0 Å². The number of nitriles is 1. The first kappa shape index (κ1) is 14.2. The van der Waals surface area contributed by atoms with E-state index >= 15 is 0 Å². The van der Waals surface area contributed by atoms with Crippen LogP contribution in [-0.2, 0) is 11.3 Å². The predicted molar refractivity (Wildman–Crippen MR) is 72.2 cm³/mol. The van der Waals surface area contributed by atoms with E-state index in [4.69, 9.17) is 21.6 Å². The summed E-state index contributed by atoms with van der Waals surface area (Å²) in [5.74, 6) is -0.329. The standard InChI is InChI=1S/C13H10ClFN4O/c1-20-7-10-5-12(14)19-13(18-10)17-9-2-3-11(15)8(4-9)6-16/h2-5H,7H2,1H3,(H,17,18,19). The molecule has 0 saturated carbocycles. The minimum absolute atomic E-state index is 0.0610. The quantitative estimate of drug-likeness (QED) is 0.877. The monoisotopic (exact) mass is 292 g/mol. The summed E-state index contributed by atoms with van der Waals surface area (Å²) in [6, 6.07) is 7.40. The van der Waals surface area contributed by atoms with Crippen LogP contribution in [0.25, 0.3) is 0 Å². The summed E-state index contributed by atoms with van der Waals surface area (Å²) < 4.78 is 18.2. The Morgan fingerprint density at radius 1 is 1.40 bits per heavy atom. The van der Waals surface area contributed by atoms with Gasteiger partial charge in [-0.25, -0.2) is 14.4 Å². The molecule has 0 aliphatic heterocycles. The van der Waals surface area contributed by atoms with Gasteiger partial charge in [0.15, 0.2) is 0 Å². The molecule has 0 bridgehead atoms. The Balaban J connectivity index is 2.28. The second-order valence-corrected chi connectivity index (χ2v) is 4.26. The van der Waals surface area contributed by atoms with Crippen molar-refractivity contribution in [1.82, 2.24) is 9.97 Å². The van der Waals surface area contributed by atoms with Crippen molar-refractivity contribution in [2.75, 3.05) is 12.4 Å². The summed E-state index contributed by atoms with van der Waals surface area (Å²) >= 11 is 5.88. The highest BCUT2D eigenvalue weighted by Crippen LogP contribution is 2.19. The fourth-order valence-electron chi connectivity index (χ4n) is 1.56. The molecule has 102 valence electrons. The van der Waals surface area contributed by atoms with Crippen molar-refractivity contribution < 1.29 is 9.13 Å². The minimum Gasteiger partial charge on any atom is -0.378 e. The lowest BCUT2D eigenvalue weighted by Crippen LogP contribution is -2.02. The van der Waals surface area contributed by atoms with E-state index in [-0.39, 0.29) is 16.7 Å². The van der Waals surface area contributed by atoms with Gasteiger partial charge in [-0.1, -0.05) is 11.6 Å². The van der Waals surface area contributed by atoms with Gasteiger partial charge in [0.1, 0.15) is 17.0 Å². The van der Waals surface area contributed by atoms with Gasteiger partial charge in [0, 0.05) is 12.8 Å². The summed E-state index contributed by atoms with van der Waals surface area (Å²) in [5.41, 5.74) is 1.04. The molecule has 7 heteroatoms. The molecule has 1 heterocycles. The van der Waals surface area contributed by atoms with Crippen LogP contribution in [0.1, 0.15) is 11.3 Å². The SMILES string of the molecule is COCc1cc(Cl)nc(Nc2ccc(F)c(C#N)c2)n1. The summed E-state index contributed by atoms with van der Waals surface area (Å²) in [4.78, 5) is 8.19. The molecule has 0 fully saturated rings. The Hall–Kier alpha value is -2.23. The molecule has 1 aromatic heterocycles. The highest BCUT2D eigenvalue weighted by Gasteiger charge is 2.06. The fraction of sp³-hybridized carbons (Fsp3) is 0.154. The van der Waals surface area contributed by atoms with E-state index < -0.39 is 5.82 Å². The molecule has 0 saturated heterocycles. The molecule has 0 atom stereocenters. The number of hydrogen-bond acceptors (Lipinski definition) is 5. The molecule has 1 aromatic carbocycles. The number of nitrogens with zero attached hydrogens (tertiary/aromatic N) is 3. The number of ether oxygens (including phenoxy) is 1. The zero-order valence-electron chi connectivity index (χ0n) is 10.5. The third-order valence-corrected chi connectivity index (χ3v) is 2.58. The third kappa shape index (κ3) is 3.41. The summed E-state index contributed by atoms with van der Waals surface area (Å²) in [6.45, 7) is 0.295. The van der Waals surface area contributed by atoms with Crippen LogP contribution in [0.4, 0.5) is 16.0 Å². The first-order chi connectivity index (χ1) is 9.62. The van der Waals surface area contributed by atoms with E-state index in [2.05, 4.69) is 15.3 Å². The molecule has 0 unspecified atom stereocenters. The normalized spacial score (nSPS) is 10.1. The second kappa shape index (κ2) is 6.28. The van der Waals surface area contributed by atoms with Crippen molar-refractivity contribution in [2.24, 2.45) is 0 Å². The molecular weight excluding hydrogens is 283 g/mol. The number of methoxy groups -OCH3 is 1. The maximum Gasteiger partial charge on any atom is 0.228 e. The van der Waals surface area contributed by atoms with Crippen LogP contribution >= 0.6 is 11.6 Å². The van der Waals surface area contributed by atoms with E-state index in [0.29, 0.717) is 18.0 Å². The van der Waals surface area contributed by atoms with Gasteiger partial charge < -0.3 is 10.1 Å². The van der Waals surface area contributed by atoms with Crippen molar-refractivity contribution in [1.29, 1.82) is 5.26 Å². The van der Waals surface area contributed by atoms with E-state index in [1.807, 2.05) is 0 Å². The van der Waals surface area contributed by atoms with Crippen LogP contribution < -0.4 is 5.32 Å². The highest BCUT2D eigenvalue weighted by molar-refractivity contribution is 6.29. The van der Waals surface area contributed by atoms with Crippen molar-refractivity contribution in [2.45, 2.75) is 6.61 Å². The van der Waals surface area contributed by atoms with Crippen molar-refractivity contribution in [3.8, 4) is 6.07 Å². The van der Waals surface area contributed by atoms with Gasteiger partial charge in [-0.3, -0.25) is 0 Å². The van der Waals surface area contributed by atoms with Crippen LogP contribution in [0.15, 0.2) is 24.3 Å². The second-order valence-electron chi connectivity index (χ2n) is 3.87. The Labute approximate surface area is 120 Å². The van der Waals surface area contributed by atoms with Crippen LogP contribution in [0.2, 0.25) is 5.15 Å². The Morgan fingerprint density at radius 2 is 2.20 bits per heavy atom. The van der Waals surface area contributed by atoms with Gasteiger partial charge in [0.25, 0.3) is 0 Å². The Kier molecular flexibility index (Phi) is 4.45. The molecule has 0 amide bonds. The van der Waals surface area contributed by atoms with Crippen molar-refractivity contribution in [3.63, 3.8) is 0 Å². The smallest absolute Gasteiger partial charge is 0.228 e. The van der Waals surface area contributed by atoms with Crippen molar-refractivity contribution >= 4 is 23.2 Å². The lowest BCUT2D eigenvalue weighted by Gasteiger charge is -2.07. The maximum absolute atomic E-state index is 13.2. The molecular formula is C13H10ClFN4O. The summed E-state index contributed by atoms with van der Waals surface area (Å²) in [6.07, 6.45) is 0. The maximum atomic E-state index is 13.2.